The SMILES string of the molecule is CCOC(=O)C1=NN(c2ccccc2)[C@H]2C(=O)N(c3ccccc3)C(=O)[C@H]12. The average molecular weight is 363 g/mol. The van der Waals surface area contributed by atoms with Crippen LogP contribution in [0.15, 0.2) is 65.8 Å². The number of hydrazone groups is 1. The van der Waals surface area contributed by atoms with Gasteiger partial charge in [-0.25, -0.2) is 9.69 Å². The van der Waals surface area contributed by atoms with Gasteiger partial charge in [-0.3, -0.25) is 14.6 Å². The van der Waals surface area contributed by atoms with Crippen LogP contribution in [0, 0.1) is 5.92 Å². The first kappa shape index (κ1) is 17.0. The summed E-state index contributed by atoms with van der Waals surface area (Å²) in [6.45, 7) is 1.84. The van der Waals surface area contributed by atoms with Crippen molar-refractivity contribution in [3.8, 4) is 0 Å². The Morgan fingerprint density at radius 1 is 0.963 bits per heavy atom. The maximum absolute atomic E-state index is 13.1. The summed E-state index contributed by atoms with van der Waals surface area (Å²) in [4.78, 5) is 39.8. The van der Waals surface area contributed by atoms with Crippen LogP contribution in [-0.2, 0) is 19.1 Å². The lowest BCUT2D eigenvalue weighted by atomic mass is 9.98. The van der Waals surface area contributed by atoms with E-state index in [1.54, 1.807) is 61.5 Å². The van der Waals surface area contributed by atoms with E-state index in [1.807, 2.05) is 6.07 Å². The number of amides is 2. The van der Waals surface area contributed by atoms with E-state index in [9.17, 15) is 14.4 Å². The second-order valence-electron chi connectivity index (χ2n) is 6.16. The number of imide groups is 1. The molecule has 2 heterocycles. The predicted octanol–water partition coefficient (Wildman–Crippen LogP) is 1.98. The Bertz CT molecular complexity index is 927. The summed E-state index contributed by atoms with van der Waals surface area (Å²) in [5.74, 6) is -2.55. The summed E-state index contributed by atoms with van der Waals surface area (Å²) in [6.07, 6.45) is 0. The second kappa shape index (κ2) is 6.68. The molecule has 1 saturated heterocycles. The van der Waals surface area contributed by atoms with E-state index in [0.29, 0.717) is 11.4 Å². The van der Waals surface area contributed by atoms with Crippen LogP contribution in [0.25, 0.3) is 0 Å². The molecule has 27 heavy (non-hydrogen) atoms. The van der Waals surface area contributed by atoms with Crippen LogP contribution in [0.4, 0.5) is 11.4 Å². The second-order valence-corrected chi connectivity index (χ2v) is 6.16. The van der Waals surface area contributed by atoms with E-state index in [-0.39, 0.29) is 12.3 Å². The maximum atomic E-state index is 13.1. The molecule has 0 aromatic heterocycles. The van der Waals surface area contributed by atoms with Gasteiger partial charge >= 0.3 is 5.97 Å². The number of ether oxygens (including phenoxy) is 1. The molecule has 0 saturated carbocycles. The molecule has 0 aliphatic carbocycles. The normalized spacial score (nSPS) is 21.3. The molecule has 2 aromatic rings. The first-order chi connectivity index (χ1) is 13.1. The van der Waals surface area contributed by atoms with Crippen molar-refractivity contribution in [1.82, 2.24) is 0 Å². The van der Waals surface area contributed by atoms with Crippen molar-refractivity contribution in [2.24, 2.45) is 11.0 Å². The molecule has 2 aliphatic rings. The highest BCUT2D eigenvalue weighted by Gasteiger charge is 2.59. The zero-order valence-corrected chi connectivity index (χ0v) is 14.6. The van der Waals surface area contributed by atoms with Gasteiger partial charge in [-0.15, -0.1) is 0 Å². The lowest BCUT2D eigenvalue weighted by molar-refractivity contribution is -0.136. The topological polar surface area (TPSA) is 79.3 Å². The number of carbonyl (C=O) groups excluding carboxylic acids is 3. The van der Waals surface area contributed by atoms with Gasteiger partial charge in [-0.2, -0.15) is 5.10 Å². The van der Waals surface area contributed by atoms with E-state index in [4.69, 9.17) is 4.74 Å². The number of fused-ring (bicyclic) bond motifs is 1. The van der Waals surface area contributed by atoms with Gasteiger partial charge in [0.2, 0.25) is 5.91 Å². The Hall–Kier alpha value is -3.48. The summed E-state index contributed by atoms with van der Waals surface area (Å²) < 4.78 is 5.06. The van der Waals surface area contributed by atoms with Crippen molar-refractivity contribution in [1.29, 1.82) is 0 Å². The molecule has 0 bridgehead atoms. The van der Waals surface area contributed by atoms with Crippen molar-refractivity contribution in [2.45, 2.75) is 13.0 Å². The first-order valence-corrected chi connectivity index (χ1v) is 8.66. The Kier molecular flexibility index (Phi) is 4.19. The molecular formula is C20H17N3O4. The molecule has 0 N–H and O–H groups in total. The molecule has 0 unspecified atom stereocenters. The van der Waals surface area contributed by atoms with Crippen molar-refractivity contribution < 1.29 is 19.1 Å². The molecule has 7 heteroatoms. The Balaban J connectivity index is 1.79. The minimum absolute atomic E-state index is 0.0394. The molecule has 2 atom stereocenters. The largest absolute Gasteiger partial charge is 0.461 e. The van der Waals surface area contributed by atoms with Crippen LogP contribution in [0.1, 0.15) is 6.92 Å². The van der Waals surface area contributed by atoms with Gasteiger partial charge in [0.15, 0.2) is 5.71 Å². The lowest BCUT2D eigenvalue weighted by Gasteiger charge is -2.22. The highest BCUT2D eigenvalue weighted by Crippen LogP contribution is 2.37. The number of anilines is 2. The zero-order chi connectivity index (χ0) is 19.0. The van der Waals surface area contributed by atoms with Gasteiger partial charge in [0.05, 0.1) is 18.0 Å². The standard InChI is InChI=1S/C20H17N3O4/c1-2-27-20(26)16-15-17(23(21-16)14-11-7-4-8-12-14)19(25)22(18(15)24)13-9-5-3-6-10-13/h3-12,15,17H,2H2,1H3/t15-,17-/m1/s1. The molecule has 2 aromatic carbocycles. The number of nitrogens with zero attached hydrogens (tertiary/aromatic N) is 3. The molecule has 2 aliphatic heterocycles. The van der Waals surface area contributed by atoms with Crippen LogP contribution in [-0.4, -0.2) is 36.1 Å². The van der Waals surface area contributed by atoms with Gasteiger partial charge in [0.25, 0.3) is 5.91 Å². The van der Waals surface area contributed by atoms with Crippen LogP contribution in [0.5, 0.6) is 0 Å². The quantitative estimate of drug-likeness (QED) is 0.613. The Morgan fingerprint density at radius 3 is 2.15 bits per heavy atom. The average Bonchev–Trinajstić information content (AvgIpc) is 3.21. The molecule has 7 nitrogen and oxygen atoms in total. The fourth-order valence-corrected chi connectivity index (χ4v) is 3.41. The minimum Gasteiger partial charge on any atom is -0.461 e. The van der Waals surface area contributed by atoms with E-state index in [1.165, 1.54) is 5.01 Å². The molecule has 4 rings (SSSR count). The molecule has 136 valence electrons. The number of hydrogen-bond donors (Lipinski definition) is 0. The number of esters is 1. The highest BCUT2D eigenvalue weighted by atomic mass is 16.5. The third kappa shape index (κ3) is 2.68. The highest BCUT2D eigenvalue weighted by molar-refractivity contribution is 6.47. The Morgan fingerprint density at radius 2 is 1.56 bits per heavy atom. The fourth-order valence-electron chi connectivity index (χ4n) is 3.41. The van der Waals surface area contributed by atoms with Crippen molar-refractivity contribution in [3.63, 3.8) is 0 Å². The number of para-hydroxylation sites is 2. The molecular weight excluding hydrogens is 346 g/mol. The van der Waals surface area contributed by atoms with E-state index < -0.39 is 29.7 Å². The molecule has 0 radical (unpaired) electrons. The van der Waals surface area contributed by atoms with Gasteiger partial charge in [0, 0.05) is 0 Å². The van der Waals surface area contributed by atoms with Crippen molar-refractivity contribution in [2.75, 3.05) is 16.5 Å². The minimum atomic E-state index is -0.989. The first-order valence-electron chi connectivity index (χ1n) is 8.66. The van der Waals surface area contributed by atoms with E-state index in [0.717, 1.165) is 4.90 Å². The maximum Gasteiger partial charge on any atom is 0.355 e. The third-order valence-electron chi connectivity index (χ3n) is 4.57. The van der Waals surface area contributed by atoms with E-state index in [2.05, 4.69) is 5.10 Å². The monoisotopic (exact) mass is 363 g/mol. The summed E-state index contributed by atoms with van der Waals surface area (Å²) in [5, 5.41) is 5.74. The van der Waals surface area contributed by atoms with Gasteiger partial charge in [-0.05, 0) is 31.2 Å². The Labute approximate surface area is 155 Å². The zero-order valence-electron chi connectivity index (χ0n) is 14.6. The van der Waals surface area contributed by atoms with Gasteiger partial charge in [-0.1, -0.05) is 36.4 Å². The van der Waals surface area contributed by atoms with Crippen molar-refractivity contribution >= 4 is 34.9 Å². The number of benzene rings is 2. The van der Waals surface area contributed by atoms with Crippen LogP contribution in [0.2, 0.25) is 0 Å². The lowest BCUT2D eigenvalue weighted by Crippen LogP contribution is -2.39. The molecule has 0 spiro atoms. The summed E-state index contributed by atoms with van der Waals surface area (Å²) >= 11 is 0. The van der Waals surface area contributed by atoms with Crippen LogP contribution in [0.3, 0.4) is 0 Å². The third-order valence-corrected chi connectivity index (χ3v) is 4.57. The summed E-state index contributed by atoms with van der Waals surface area (Å²) in [6, 6.07) is 16.8. The number of hydrogen-bond acceptors (Lipinski definition) is 6. The fraction of sp³-hybridized carbons (Fsp3) is 0.200. The number of rotatable bonds is 4. The number of carbonyl (C=O) groups is 3. The smallest absolute Gasteiger partial charge is 0.355 e. The van der Waals surface area contributed by atoms with E-state index >= 15 is 0 Å². The summed E-state index contributed by atoms with van der Waals surface area (Å²) in [5.41, 5.74) is 1.06. The van der Waals surface area contributed by atoms with Gasteiger partial charge in [0.1, 0.15) is 12.0 Å². The van der Waals surface area contributed by atoms with Crippen LogP contribution < -0.4 is 9.91 Å². The predicted molar refractivity (Wildman–Crippen MR) is 99.2 cm³/mol. The summed E-state index contributed by atoms with van der Waals surface area (Å²) in [7, 11) is 0. The van der Waals surface area contributed by atoms with Crippen molar-refractivity contribution in [3.05, 3.63) is 60.7 Å². The van der Waals surface area contributed by atoms with Crippen LogP contribution >= 0.6 is 0 Å². The van der Waals surface area contributed by atoms with Gasteiger partial charge < -0.3 is 4.74 Å². The molecule has 1 fully saturated rings. The molecule has 2 amide bonds.